The van der Waals surface area contributed by atoms with Gasteiger partial charge in [-0.05, 0) is 58.2 Å². The summed E-state index contributed by atoms with van der Waals surface area (Å²) in [7, 11) is 1.97. The first-order valence-electron chi connectivity index (χ1n) is 6.86. The number of nitrogens with one attached hydrogen (secondary N) is 1. The molecule has 20 heavy (non-hydrogen) atoms. The van der Waals surface area contributed by atoms with Crippen LogP contribution in [0.4, 0.5) is 0 Å². The van der Waals surface area contributed by atoms with Gasteiger partial charge in [-0.2, -0.15) is 0 Å². The first-order chi connectivity index (χ1) is 9.65. The minimum Gasteiger partial charge on any atom is -0.309 e. The Morgan fingerprint density at radius 1 is 1.10 bits per heavy atom. The molecule has 3 heteroatoms. The van der Waals surface area contributed by atoms with Crippen LogP contribution in [0.5, 0.6) is 0 Å². The van der Waals surface area contributed by atoms with Crippen molar-refractivity contribution in [3.63, 3.8) is 0 Å². The van der Waals surface area contributed by atoms with Crippen LogP contribution in [0.25, 0.3) is 0 Å². The first kappa shape index (κ1) is 15.6. The van der Waals surface area contributed by atoms with Gasteiger partial charge in [-0.1, -0.05) is 55.3 Å². The Morgan fingerprint density at radius 2 is 1.75 bits per heavy atom. The Hall–Kier alpha value is -0.830. The predicted octanol–water partition coefficient (Wildman–Crippen LogP) is 5.36. The normalized spacial score (nSPS) is 12.4. The highest BCUT2D eigenvalue weighted by Crippen LogP contribution is 2.29. The predicted molar refractivity (Wildman–Crippen MR) is 90.5 cm³/mol. The molecule has 0 spiro atoms. The van der Waals surface area contributed by atoms with Crippen LogP contribution in [0.2, 0.25) is 5.02 Å². The summed E-state index contributed by atoms with van der Waals surface area (Å²) in [5.41, 5.74) is 3.81. The van der Waals surface area contributed by atoms with Gasteiger partial charge in [0.1, 0.15) is 0 Å². The third-order valence-corrected chi connectivity index (χ3v) is 4.65. The molecule has 0 amide bonds. The molecule has 0 heterocycles. The summed E-state index contributed by atoms with van der Waals surface area (Å²) < 4.78 is 0.927. The summed E-state index contributed by atoms with van der Waals surface area (Å²) in [6.45, 7) is 2.20. The van der Waals surface area contributed by atoms with Crippen LogP contribution in [0.3, 0.4) is 0 Å². The van der Waals surface area contributed by atoms with Gasteiger partial charge in [-0.3, -0.25) is 0 Å². The van der Waals surface area contributed by atoms with E-state index in [0.717, 1.165) is 15.9 Å². The molecule has 1 nitrogen and oxygen atoms in total. The molecule has 2 rings (SSSR count). The fourth-order valence-electron chi connectivity index (χ4n) is 2.38. The molecule has 2 aromatic rings. The van der Waals surface area contributed by atoms with Gasteiger partial charge in [0.25, 0.3) is 0 Å². The van der Waals surface area contributed by atoms with E-state index in [9.17, 15) is 0 Å². The van der Waals surface area contributed by atoms with E-state index in [1.54, 1.807) is 0 Å². The number of aryl methyl sites for hydroxylation is 1. The third-order valence-electron chi connectivity index (χ3n) is 3.42. The summed E-state index contributed by atoms with van der Waals surface area (Å²) >= 11 is 9.63. The maximum Gasteiger partial charge on any atom is 0.0574 e. The van der Waals surface area contributed by atoms with E-state index in [-0.39, 0.29) is 6.04 Å². The first-order valence-corrected chi connectivity index (χ1v) is 8.04. The fraction of sp³-hybridized carbons (Fsp3) is 0.294. The second kappa shape index (κ2) is 7.26. The van der Waals surface area contributed by atoms with Crippen molar-refractivity contribution in [3.05, 3.63) is 68.7 Å². The topological polar surface area (TPSA) is 12.0 Å². The zero-order valence-electron chi connectivity index (χ0n) is 11.8. The van der Waals surface area contributed by atoms with Gasteiger partial charge in [0.05, 0.1) is 11.1 Å². The summed E-state index contributed by atoms with van der Waals surface area (Å²) in [5, 5.41) is 4.10. The van der Waals surface area contributed by atoms with E-state index in [1.807, 2.05) is 19.2 Å². The largest absolute Gasteiger partial charge is 0.309 e. The lowest BCUT2D eigenvalue weighted by atomic mass is 9.97. The lowest BCUT2D eigenvalue weighted by molar-refractivity contribution is 0.691. The van der Waals surface area contributed by atoms with Crippen LogP contribution in [-0.2, 0) is 6.42 Å². The van der Waals surface area contributed by atoms with Crippen LogP contribution in [0, 0.1) is 0 Å². The Labute approximate surface area is 134 Å². The lowest BCUT2D eigenvalue weighted by Crippen LogP contribution is -2.17. The summed E-state index contributed by atoms with van der Waals surface area (Å²) in [6.07, 6.45) is 2.31. The molecule has 0 radical (unpaired) electrons. The van der Waals surface area contributed by atoms with Gasteiger partial charge in [0.2, 0.25) is 0 Å². The minimum absolute atomic E-state index is 0.163. The Morgan fingerprint density at radius 3 is 2.30 bits per heavy atom. The summed E-state index contributed by atoms with van der Waals surface area (Å²) in [4.78, 5) is 0. The zero-order valence-corrected chi connectivity index (χ0v) is 14.1. The Balaban J connectivity index is 2.29. The van der Waals surface area contributed by atoms with Gasteiger partial charge in [-0.25, -0.2) is 0 Å². The van der Waals surface area contributed by atoms with Crippen LogP contribution in [-0.4, -0.2) is 7.05 Å². The van der Waals surface area contributed by atoms with Gasteiger partial charge in [-0.15, -0.1) is 0 Å². The molecule has 0 aliphatic carbocycles. The molecule has 0 saturated carbocycles. The molecule has 0 saturated heterocycles. The second-order valence-corrected chi connectivity index (χ2v) is 6.15. The number of hydrogen-bond acceptors (Lipinski definition) is 1. The summed E-state index contributed by atoms with van der Waals surface area (Å²) in [5.74, 6) is 0. The lowest BCUT2D eigenvalue weighted by Gasteiger charge is -2.18. The van der Waals surface area contributed by atoms with Crippen LogP contribution in [0.1, 0.15) is 36.1 Å². The molecule has 1 unspecified atom stereocenters. The highest BCUT2D eigenvalue weighted by atomic mass is 79.9. The molecule has 1 atom stereocenters. The molecule has 1 N–H and O–H groups in total. The zero-order chi connectivity index (χ0) is 14.5. The maximum absolute atomic E-state index is 6.19. The number of halogens is 2. The van der Waals surface area contributed by atoms with Gasteiger partial charge in [0, 0.05) is 4.47 Å². The minimum atomic E-state index is 0.163. The van der Waals surface area contributed by atoms with Crippen molar-refractivity contribution in [2.45, 2.75) is 25.8 Å². The highest BCUT2D eigenvalue weighted by Gasteiger charge is 2.13. The van der Waals surface area contributed by atoms with Gasteiger partial charge < -0.3 is 5.32 Å². The van der Waals surface area contributed by atoms with E-state index < -0.39 is 0 Å². The molecule has 0 aromatic heterocycles. The SMILES string of the molecule is CCCc1ccc(C(NC)c2ccc(Br)c(Cl)c2)cc1. The smallest absolute Gasteiger partial charge is 0.0574 e. The maximum atomic E-state index is 6.19. The molecule has 0 aliphatic rings. The quantitative estimate of drug-likeness (QED) is 0.763. The Kier molecular flexibility index (Phi) is 5.64. The molecular formula is C17H19BrClN. The molecule has 0 aliphatic heterocycles. The van der Waals surface area contributed by atoms with Crippen LogP contribution in [0.15, 0.2) is 46.9 Å². The number of benzene rings is 2. The third kappa shape index (κ3) is 3.63. The molecular weight excluding hydrogens is 334 g/mol. The van der Waals surface area contributed by atoms with Crippen molar-refractivity contribution >= 4 is 27.5 Å². The molecule has 106 valence electrons. The monoisotopic (exact) mass is 351 g/mol. The van der Waals surface area contributed by atoms with E-state index in [0.29, 0.717) is 0 Å². The van der Waals surface area contributed by atoms with E-state index in [4.69, 9.17) is 11.6 Å². The second-order valence-electron chi connectivity index (χ2n) is 4.89. The highest BCUT2D eigenvalue weighted by molar-refractivity contribution is 9.10. The van der Waals surface area contributed by atoms with E-state index in [2.05, 4.69) is 58.5 Å². The van der Waals surface area contributed by atoms with Crippen molar-refractivity contribution < 1.29 is 0 Å². The summed E-state index contributed by atoms with van der Waals surface area (Å²) in [6, 6.07) is 15.1. The number of rotatable bonds is 5. The molecule has 0 fully saturated rings. The van der Waals surface area contributed by atoms with E-state index >= 15 is 0 Å². The molecule has 0 bridgehead atoms. The fourth-order valence-corrected chi connectivity index (χ4v) is 2.82. The van der Waals surface area contributed by atoms with Gasteiger partial charge >= 0.3 is 0 Å². The van der Waals surface area contributed by atoms with Crippen molar-refractivity contribution in [2.24, 2.45) is 0 Å². The van der Waals surface area contributed by atoms with Crippen molar-refractivity contribution in [2.75, 3.05) is 7.05 Å². The Bertz CT molecular complexity index is 566. The van der Waals surface area contributed by atoms with Crippen LogP contribution < -0.4 is 5.32 Å². The number of hydrogen-bond donors (Lipinski definition) is 1. The van der Waals surface area contributed by atoms with Crippen molar-refractivity contribution in [3.8, 4) is 0 Å². The average molecular weight is 353 g/mol. The van der Waals surface area contributed by atoms with Crippen LogP contribution >= 0.6 is 27.5 Å². The molecule has 2 aromatic carbocycles. The van der Waals surface area contributed by atoms with Crippen molar-refractivity contribution in [1.82, 2.24) is 5.32 Å². The van der Waals surface area contributed by atoms with Gasteiger partial charge in [0.15, 0.2) is 0 Å². The van der Waals surface area contributed by atoms with E-state index in [1.165, 1.54) is 23.1 Å². The standard InChI is InChI=1S/C17H19BrClN/c1-3-4-12-5-7-13(8-6-12)17(20-2)14-9-10-15(18)16(19)11-14/h5-11,17,20H,3-4H2,1-2H3. The average Bonchev–Trinajstić information content (AvgIpc) is 2.46. The van der Waals surface area contributed by atoms with Crippen molar-refractivity contribution in [1.29, 1.82) is 0 Å².